The molecule has 0 spiro atoms. The van der Waals surface area contributed by atoms with E-state index in [9.17, 15) is 4.39 Å². The van der Waals surface area contributed by atoms with E-state index in [0.29, 0.717) is 0 Å². The zero-order chi connectivity index (χ0) is 13.7. The Kier molecular flexibility index (Phi) is 4.63. The minimum absolute atomic E-state index is 0.300. The first-order valence-electron chi connectivity index (χ1n) is 6.62. The Bertz CT molecular complexity index is 552. The SMILES string of the molecule is CCCNCc1ccc(C)cc1-c1cncc(F)c1. The van der Waals surface area contributed by atoms with Gasteiger partial charge in [-0.1, -0.05) is 30.7 Å². The van der Waals surface area contributed by atoms with Crippen LogP contribution in [-0.4, -0.2) is 11.5 Å². The molecule has 3 heteroatoms. The summed E-state index contributed by atoms with van der Waals surface area (Å²) in [6.45, 7) is 5.95. The Hall–Kier alpha value is -1.74. The molecule has 2 aromatic rings. The summed E-state index contributed by atoms with van der Waals surface area (Å²) >= 11 is 0. The lowest BCUT2D eigenvalue weighted by molar-refractivity contribution is 0.622. The first kappa shape index (κ1) is 13.7. The van der Waals surface area contributed by atoms with Crippen LogP contribution < -0.4 is 5.32 Å². The van der Waals surface area contributed by atoms with E-state index in [1.54, 1.807) is 6.20 Å². The number of rotatable bonds is 5. The Morgan fingerprint density at radius 2 is 2.05 bits per heavy atom. The molecular formula is C16H19FN2. The molecule has 1 heterocycles. The minimum atomic E-state index is -0.300. The van der Waals surface area contributed by atoms with Gasteiger partial charge in [-0.05, 0) is 37.1 Å². The van der Waals surface area contributed by atoms with Gasteiger partial charge in [0, 0.05) is 18.3 Å². The minimum Gasteiger partial charge on any atom is -0.313 e. The molecule has 0 atom stereocenters. The van der Waals surface area contributed by atoms with Gasteiger partial charge < -0.3 is 5.32 Å². The average molecular weight is 258 g/mol. The van der Waals surface area contributed by atoms with Crippen molar-refractivity contribution in [1.29, 1.82) is 0 Å². The summed E-state index contributed by atoms with van der Waals surface area (Å²) in [5.74, 6) is -0.300. The highest BCUT2D eigenvalue weighted by atomic mass is 19.1. The number of aromatic nitrogens is 1. The molecule has 1 N–H and O–H groups in total. The summed E-state index contributed by atoms with van der Waals surface area (Å²) < 4.78 is 13.3. The molecule has 0 saturated carbocycles. The molecule has 1 aromatic carbocycles. The van der Waals surface area contributed by atoms with Crippen LogP contribution in [-0.2, 0) is 6.54 Å². The molecule has 0 radical (unpaired) electrons. The third-order valence-electron chi connectivity index (χ3n) is 3.02. The number of nitrogens with one attached hydrogen (secondary N) is 1. The summed E-state index contributed by atoms with van der Waals surface area (Å²) in [6, 6.07) is 7.79. The van der Waals surface area contributed by atoms with Crippen molar-refractivity contribution in [3.05, 3.63) is 53.6 Å². The van der Waals surface area contributed by atoms with Gasteiger partial charge in [-0.15, -0.1) is 0 Å². The monoisotopic (exact) mass is 258 g/mol. The third kappa shape index (κ3) is 3.61. The van der Waals surface area contributed by atoms with E-state index in [2.05, 4.69) is 35.4 Å². The zero-order valence-corrected chi connectivity index (χ0v) is 11.4. The van der Waals surface area contributed by atoms with Gasteiger partial charge >= 0.3 is 0 Å². The zero-order valence-electron chi connectivity index (χ0n) is 11.4. The Morgan fingerprint density at radius 1 is 1.21 bits per heavy atom. The molecule has 0 fully saturated rings. The summed E-state index contributed by atoms with van der Waals surface area (Å²) in [5, 5.41) is 3.38. The van der Waals surface area contributed by atoms with Crippen molar-refractivity contribution >= 4 is 0 Å². The lowest BCUT2D eigenvalue weighted by atomic mass is 9.98. The molecule has 1 aromatic heterocycles. The topological polar surface area (TPSA) is 24.9 Å². The van der Waals surface area contributed by atoms with E-state index in [1.165, 1.54) is 23.4 Å². The summed E-state index contributed by atoms with van der Waals surface area (Å²) in [4.78, 5) is 3.93. The fourth-order valence-corrected chi connectivity index (χ4v) is 2.07. The molecule has 100 valence electrons. The standard InChI is InChI=1S/C16H19FN2/c1-3-6-18-9-13-5-4-12(2)7-16(13)14-8-15(17)11-19-10-14/h4-5,7-8,10-11,18H,3,6,9H2,1-2H3. The maximum Gasteiger partial charge on any atom is 0.142 e. The van der Waals surface area contributed by atoms with Crippen LogP contribution in [0.15, 0.2) is 36.7 Å². The number of benzene rings is 1. The lowest BCUT2D eigenvalue weighted by Crippen LogP contribution is -2.14. The Balaban J connectivity index is 2.34. The van der Waals surface area contributed by atoms with Gasteiger partial charge in [0.15, 0.2) is 0 Å². The maximum atomic E-state index is 13.3. The molecule has 0 bridgehead atoms. The van der Waals surface area contributed by atoms with Crippen molar-refractivity contribution in [3.63, 3.8) is 0 Å². The predicted octanol–water partition coefficient (Wildman–Crippen LogP) is 3.70. The average Bonchev–Trinajstić information content (AvgIpc) is 2.40. The van der Waals surface area contributed by atoms with Gasteiger partial charge in [0.05, 0.1) is 6.20 Å². The molecule has 0 aliphatic rings. The molecule has 0 saturated heterocycles. The maximum absolute atomic E-state index is 13.3. The van der Waals surface area contributed by atoms with Crippen LogP contribution in [0, 0.1) is 12.7 Å². The second-order valence-corrected chi connectivity index (χ2v) is 4.73. The van der Waals surface area contributed by atoms with E-state index in [-0.39, 0.29) is 5.82 Å². The van der Waals surface area contributed by atoms with Gasteiger partial charge in [-0.25, -0.2) is 4.39 Å². The first-order valence-corrected chi connectivity index (χ1v) is 6.62. The number of hydrogen-bond donors (Lipinski definition) is 1. The van der Waals surface area contributed by atoms with Crippen molar-refractivity contribution in [3.8, 4) is 11.1 Å². The fraction of sp³-hybridized carbons (Fsp3) is 0.312. The Morgan fingerprint density at radius 3 is 2.79 bits per heavy atom. The number of halogens is 1. The van der Waals surface area contributed by atoms with Crippen LogP contribution in [0.25, 0.3) is 11.1 Å². The van der Waals surface area contributed by atoms with Gasteiger partial charge in [0.1, 0.15) is 5.82 Å². The van der Waals surface area contributed by atoms with Crippen molar-refractivity contribution in [2.24, 2.45) is 0 Å². The second kappa shape index (κ2) is 6.43. The van der Waals surface area contributed by atoms with Gasteiger partial charge in [0.25, 0.3) is 0 Å². The molecular weight excluding hydrogens is 239 g/mol. The van der Waals surface area contributed by atoms with E-state index < -0.39 is 0 Å². The summed E-state index contributed by atoms with van der Waals surface area (Å²) in [7, 11) is 0. The summed E-state index contributed by atoms with van der Waals surface area (Å²) in [5.41, 5.74) is 4.22. The highest BCUT2D eigenvalue weighted by molar-refractivity contribution is 5.67. The lowest BCUT2D eigenvalue weighted by Gasteiger charge is -2.11. The first-order chi connectivity index (χ1) is 9.20. The number of aryl methyl sites for hydroxylation is 1. The molecule has 19 heavy (non-hydrogen) atoms. The smallest absolute Gasteiger partial charge is 0.142 e. The van der Waals surface area contributed by atoms with Crippen LogP contribution in [0.2, 0.25) is 0 Å². The number of pyridine rings is 1. The predicted molar refractivity (Wildman–Crippen MR) is 76.4 cm³/mol. The second-order valence-electron chi connectivity index (χ2n) is 4.73. The molecule has 0 aliphatic heterocycles. The van der Waals surface area contributed by atoms with E-state index >= 15 is 0 Å². The fourth-order valence-electron chi connectivity index (χ4n) is 2.07. The van der Waals surface area contributed by atoms with Gasteiger partial charge in [-0.3, -0.25) is 4.98 Å². The largest absolute Gasteiger partial charge is 0.313 e. The van der Waals surface area contributed by atoms with E-state index in [4.69, 9.17) is 0 Å². The highest BCUT2D eigenvalue weighted by Crippen LogP contribution is 2.25. The van der Waals surface area contributed by atoms with Crippen LogP contribution in [0.1, 0.15) is 24.5 Å². The quantitative estimate of drug-likeness (QED) is 0.827. The van der Waals surface area contributed by atoms with Gasteiger partial charge in [-0.2, -0.15) is 0 Å². The van der Waals surface area contributed by atoms with Crippen molar-refractivity contribution in [2.75, 3.05) is 6.54 Å². The Labute approximate surface area is 113 Å². The van der Waals surface area contributed by atoms with Crippen LogP contribution in [0.3, 0.4) is 0 Å². The molecule has 0 unspecified atom stereocenters. The van der Waals surface area contributed by atoms with Crippen molar-refractivity contribution in [2.45, 2.75) is 26.8 Å². The normalized spacial score (nSPS) is 10.7. The molecule has 2 rings (SSSR count). The number of hydrogen-bond acceptors (Lipinski definition) is 2. The molecule has 2 nitrogen and oxygen atoms in total. The third-order valence-corrected chi connectivity index (χ3v) is 3.02. The highest BCUT2D eigenvalue weighted by Gasteiger charge is 2.07. The van der Waals surface area contributed by atoms with E-state index in [0.717, 1.165) is 30.6 Å². The van der Waals surface area contributed by atoms with Gasteiger partial charge in [0.2, 0.25) is 0 Å². The van der Waals surface area contributed by atoms with Crippen LogP contribution in [0.4, 0.5) is 4.39 Å². The van der Waals surface area contributed by atoms with Crippen molar-refractivity contribution in [1.82, 2.24) is 10.3 Å². The van der Waals surface area contributed by atoms with Crippen LogP contribution >= 0.6 is 0 Å². The molecule has 0 amide bonds. The van der Waals surface area contributed by atoms with Crippen LogP contribution in [0.5, 0.6) is 0 Å². The van der Waals surface area contributed by atoms with E-state index in [1.807, 2.05) is 6.92 Å². The molecule has 0 aliphatic carbocycles. The van der Waals surface area contributed by atoms with Crippen molar-refractivity contribution < 1.29 is 4.39 Å². The number of nitrogens with zero attached hydrogens (tertiary/aromatic N) is 1. The summed E-state index contributed by atoms with van der Waals surface area (Å²) in [6.07, 6.45) is 4.04.